The minimum absolute atomic E-state index is 0.110. The van der Waals surface area contributed by atoms with Crippen LogP contribution in [0.25, 0.3) is 0 Å². The molecule has 31 heavy (non-hydrogen) atoms. The molecule has 0 saturated carbocycles. The Labute approximate surface area is 193 Å². The second-order valence-corrected chi connectivity index (χ2v) is 8.28. The first-order valence-electron chi connectivity index (χ1n) is 10.1. The van der Waals surface area contributed by atoms with Crippen LogP contribution >= 0.6 is 23.2 Å². The number of anilines is 1. The standard InChI is InChI=1S/C25H25Cl2NO3/c1-16(2)20-15-19(10-11-23(20)30-3)31-25-21(26)13-18(14-22(25)27)28-24(29)12-9-17-7-5-4-6-8-17/h4-8,10-11,13-16H,9,12H2,1-3H3,(H,28,29). The topological polar surface area (TPSA) is 47.6 Å². The van der Waals surface area contributed by atoms with Crippen LogP contribution in [0.15, 0.2) is 60.7 Å². The van der Waals surface area contributed by atoms with Gasteiger partial charge in [0, 0.05) is 17.7 Å². The van der Waals surface area contributed by atoms with E-state index >= 15 is 0 Å². The molecule has 0 aliphatic rings. The Hall–Kier alpha value is -2.69. The minimum atomic E-state index is -0.110. The summed E-state index contributed by atoms with van der Waals surface area (Å²) in [4.78, 5) is 12.3. The molecule has 0 aliphatic carbocycles. The Morgan fingerprint density at radius 3 is 2.29 bits per heavy atom. The summed E-state index contributed by atoms with van der Waals surface area (Å²) >= 11 is 12.8. The molecule has 1 amide bonds. The van der Waals surface area contributed by atoms with Gasteiger partial charge in [0.15, 0.2) is 5.75 Å². The van der Waals surface area contributed by atoms with Gasteiger partial charge >= 0.3 is 0 Å². The fraction of sp³-hybridized carbons (Fsp3) is 0.240. The van der Waals surface area contributed by atoms with Crippen molar-refractivity contribution in [1.82, 2.24) is 0 Å². The molecule has 0 fully saturated rings. The van der Waals surface area contributed by atoms with Crippen molar-refractivity contribution in [2.24, 2.45) is 0 Å². The third-order valence-corrected chi connectivity index (χ3v) is 5.37. The number of carbonyl (C=O) groups excluding carboxylic acids is 1. The molecule has 0 bridgehead atoms. The number of halogens is 2. The fourth-order valence-electron chi connectivity index (χ4n) is 3.20. The van der Waals surface area contributed by atoms with Crippen LogP contribution in [0, 0.1) is 0 Å². The Bertz CT molecular complexity index is 1030. The largest absolute Gasteiger partial charge is 0.496 e. The van der Waals surface area contributed by atoms with Crippen molar-refractivity contribution in [2.75, 3.05) is 12.4 Å². The van der Waals surface area contributed by atoms with E-state index in [0.717, 1.165) is 16.9 Å². The van der Waals surface area contributed by atoms with E-state index in [4.69, 9.17) is 32.7 Å². The Morgan fingerprint density at radius 1 is 1.00 bits per heavy atom. The number of rotatable bonds is 8. The number of carbonyl (C=O) groups is 1. The fourth-order valence-corrected chi connectivity index (χ4v) is 3.76. The molecule has 4 nitrogen and oxygen atoms in total. The van der Waals surface area contributed by atoms with Gasteiger partial charge in [0.25, 0.3) is 0 Å². The molecule has 3 rings (SSSR count). The van der Waals surface area contributed by atoms with Crippen molar-refractivity contribution >= 4 is 34.8 Å². The molecular weight excluding hydrogens is 433 g/mol. The smallest absolute Gasteiger partial charge is 0.224 e. The lowest BCUT2D eigenvalue weighted by atomic mass is 10.0. The van der Waals surface area contributed by atoms with Crippen LogP contribution in [0.3, 0.4) is 0 Å². The summed E-state index contributed by atoms with van der Waals surface area (Å²) in [6.07, 6.45) is 1.02. The van der Waals surface area contributed by atoms with Crippen molar-refractivity contribution < 1.29 is 14.3 Å². The summed E-state index contributed by atoms with van der Waals surface area (Å²) in [5, 5.41) is 3.47. The van der Waals surface area contributed by atoms with Crippen molar-refractivity contribution in [2.45, 2.75) is 32.6 Å². The third kappa shape index (κ3) is 6.16. The van der Waals surface area contributed by atoms with Crippen molar-refractivity contribution in [3.8, 4) is 17.2 Å². The van der Waals surface area contributed by atoms with Crippen molar-refractivity contribution in [3.63, 3.8) is 0 Å². The van der Waals surface area contributed by atoms with Crippen LogP contribution in [0.4, 0.5) is 5.69 Å². The van der Waals surface area contributed by atoms with Gasteiger partial charge in [-0.15, -0.1) is 0 Å². The second kappa shape index (κ2) is 10.6. The average Bonchev–Trinajstić information content (AvgIpc) is 2.75. The minimum Gasteiger partial charge on any atom is -0.496 e. The number of hydrogen-bond donors (Lipinski definition) is 1. The van der Waals surface area contributed by atoms with Crippen LogP contribution in [0.1, 0.15) is 37.3 Å². The van der Waals surface area contributed by atoms with Gasteiger partial charge in [-0.1, -0.05) is 67.4 Å². The van der Waals surface area contributed by atoms with Crippen molar-refractivity contribution in [1.29, 1.82) is 0 Å². The maximum atomic E-state index is 12.3. The van der Waals surface area contributed by atoms with Gasteiger partial charge in [0.2, 0.25) is 5.91 Å². The highest BCUT2D eigenvalue weighted by Crippen LogP contribution is 2.40. The van der Waals surface area contributed by atoms with Crippen LogP contribution in [-0.2, 0) is 11.2 Å². The lowest BCUT2D eigenvalue weighted by molar-refractivity contribution is -0.116. The maximum Gasteiger partial charge on any atom is 0.224 e. The number of aryl methyl sites for hydroxylation is 1. The van der Waals surface area contributed by atoms with Crippen LogP contribution in [0.5, 0.6) is 17.2 Å². The van der Waals surface area contributed by atoms with E-state index in [9.17, 15) is 4.79 Å². The van der Waals surface area contributed by atoms with E-state index in [1.807, 2.05) is 42.5 Å². The van der Waals surface area contributed by atoms with E-state index in [1.54, 1.807) is 25.3 Å². The number of hydrogen-bond acceptors (Lipinski definition) is 3. The Morgan fingerprint density at radius 2 is 1.68 bits per heavy atom. The van der Waals surface area contributed by atoms with Gasteiger partial charge in [0.05, 0.1) is 17.2 Å². The average molecular weight is 458 g/mol. The zero-order chi connectivity index (χ0) is 22.4. The summed E-state index contributed by atoms with van der Waals surface area (Å²) in [7, 11) is 1.64. The first-order chi connectivity index (χ1) is 14.9. The van der Waals surface area contributed by atoms with E-state index < -0.39 is 0 Å². The first-order valence-corrected chi connectivity index (χ1v) is 10.8. The predicted molar refractivity (Wildman–Crippen MR) is 127 cm³/mol. The molecule has 162 valence electrons. The third-order valence-electron chi connectivity index (χ3n) is 4.81. The number of amides is 1. The molecular formula is C25H25Cl2NO3. The first kappa shape index (κ1) is 23.0. The van der Waals surface area contributed by atoms with Gasteiger partial charge in [-0.3, -0.25) is 4.79 Å². The van der Waals surface area contributed by atoms with E-state index in [0.29, 0.717) is 40.1 Å². The molecule has 0 aliphatic heterocycles. The monoisotopic (exact) mass is 457 g/mol. The maximum absolute atomic E-state index is 12.3. The summed E-state index contributed by atoms with van der Waals surface area (Å²) in [5.74, 6) is 1.89. The zero-order valence-corrected chi connectivity index (χ0v) is 19.3. The highest BCUT2D eigenvalue weighted by molar-refractivity contribution is 6.37. The lowest BCUT2D eigenvalue weighted by Crippen LogP contribution is -2.12. The Balaban J connectivity index is 1.70. The zero-order valence-electron chi connectivity index (χ0n) is 17.7. The molecule has 0 aromatic heterocycles. The van der Waals surface area contributed by atoms with Crippen LogP contribution in [-0.4, -0.2) is 13.0 Å². The molecule has 0 saturated heterocycles. The Kier molecular flexibility index (Phi) is 7.83. The quantitative estimate of drug-likeness (QED) is 0.381. The molecule has 0 atom stereocenters. The summed E-state index contributed by atoms with van der Waals surface area (Å²) in [6.45, 7) is 4.16. The molecule has 0 radical (unpaired) electrons. The number of methoxy groups -OCH3 is 1. The number of ether oxygens (including phenoxy) is 2. The highest BCUT2D eigenvalue weighted by atomic mass is 35.5. The molecule has 6 heteroatoms. The summed E-state index contributed by atoms with van der Waals surface area (Å²) < 4.78 is 11.4. The molecule has 0 unspecified atom stereocenters. The van der Waals surface area contributed by atoms with Crippen LogP contribution < -0.4 is 14.8 Å². The van der Waals surface area contributed by atoms with E-state index in [-0.39, 0.29) is 11.8 Å². The van der Waals surface area contributed by atoms with Gasteiger partial charge in [-0.05, 0) is 48.2 Å². The second-order valence-electron chi connectivity index (χ2n) is 7.46. The van der Waals surface area contributed by atoms with Gasteiger partial charge in [-0.25, -0.2) is 0 Å². The van der Waals surface area contributed by atoms with Gasteiger partial charge < -0.3 is 14.8 Å². The summed E-state index contributed by atoms with van der Waals surface area (Å²) in [6, 6.07) is 18.7. The number of nitrogens with one attached hydrogen (secondary N) is 1. The molecule has 3 aromatic carbocycles. The van der Waals surface area contributed by atoms with Crippen LogP contribution in [0.2, 0.25) is 10.0 Å². The van der Waals surface area contributed by atoms with E-state index in [1.165, 1.54) is 0 Å². The highest BCUT2D eigenvalue weighted by Gasteiger charge is 2.15. The molecule has 0 spiro atoms. The normalized spacial score (nSPS) is 10.8. The van der Waals surface area contributed by atoms with Gasteiger partial charge in [0.1, 0.15) is 11.5 Å². The van der Waals surface area contributed by atoms with Gasteiger partial charge in [-0.2, -0.15) is 0 Å². The predicted octanol–water partition coefficient (Wildman–Crippen LogP) is 7.49. The molecule has 1 N–H and O–H groups in total. The number of benzene rings is 3. The van der Waals surface area contributed by atoms with E-state index in [2.05, 4.69) is 19.2 Å². The molecule has 0 heterocycles. The SMILES string of the molecule is COc1ccc(Oc2c(Cl)cc(NC(=O)CCc3ccccc3)cc2Cl)cc1C(C)C. The summed E-state index contributed by atoms with van der Waals surface area (Å²) in [5.41, 5.74) is 2.66. The lowest BCUT2D eigenvalue weighted by Gasteiger charge is -2.16. The molecule has 3 aromatic rings. The van der Waals surface area contributed by atoms with Crippen molar-refractivity contribution in [3.05, 3.63) is 81.8 Å².